The zero-order chi connectivity index (χ0) is 15.7. The molecule has 21 heavy (non-hydrogen) atoms. The number of nitrogens with one attached hydrogen (secondary N) is 1. The van der Waals surface area contributed by atoms with Crippen LogP contribution in [0.3, 0.4) is 0 Å². The van der Waals surface area contributed by atoms with Crippen molar-refractivity contribution < 1.29 is 4.79 Å². The van der Waals surface area contributed by atoms with Gasteiger partial charge in [-0.1, -0.05) is 51.7 Å². The first-order valence-corrected chi connectivity index (χ1v) is 7.36. The minimum absolute atomic E-state index is 0.0821. The number of carbonyl (C=O) groups is 1. The lowest BCUT2D eigenvalue weighted by Gasteiger charge is -2.06. The maximum atomic E-state index is 12.3. The van der Waals surface area contributed by atoms with Gasteiger partial charge in [0.2, 0.25) is 5.91 Å². The molecule has 0 aliphatic heterocycles. The molecule has 0 bridgehead atoms. The summed E-state index contributed by atoms with van der Waals surface area (Å²) < 4.78 is 0. The van der Waals surface area contributed by atoms with Crippen molar-refractivity contribution in [2.45, 2.75) is 34.2 Å². The van der Waals surface area contributed by atoms with E-state index in [0.29, 0.717) is 13.1 Å². The van der Waals surface area contributed by atoms with Crippen LogP contribution in [0.1, 0.15) is 38.8 Å². The molecule has 1 aliphatic carbocycles. The van der Waals surface area contributed by atoms with E-state index in [1.807, 2.05) is 24.3 Å². The van der Waals surface area contributed by atoms with Crippen LogP contribution in [0.25, 0.3) is 0 Å². The van der Waals surface area contributed by atoms with Crippen molar-refractivity contribution in [2.75, 3.05) is 6.54 Å². The molecule has 0 unspecified atom stereocenters. The number of carbonyl (C=O) groups excluding carboxylic acids is 1. The number of benzene rings is 1. The van der Waals surface area contributed by atoms with Gasteiger partial charge in [-0.25, -0.2) is 0 Å². The summed E-state index contributed by atoms with van der Waals surface area (Å²) in [7, 11) is 0. The lowest BCUT2D eigenvalue weighted by molar-refractivity contribution is -0.123. The van der Waals surface area contributed by atoms with E-state index in [4.69, 9.17) is 5.73 Å². The van der Waals surface area contributed by atoms with Gasteiger partial charge in [-0.05, 0) is 28.5 Å². The van der Waals surface area contributed by atoms with Crippen molar-refractivity contribution in [1.29, 1.82) is 0 Å². The molecule has 1 amide bonds. The van der Waals surface area contributed by atoms with Gasteiger partial charge in [0.05, 0.1) is 6.54 Å². The number of nitrogens with two attached hydrogens (primary N) is 1. The molecule has 1 aromatic carbocycles. The standard InChI is InChI=1S/C18H24N2O/c1-17(2)15(18(17,3)4)16(21)20-12-14-9-7-13(8-10-14)6-5-11-19/h7-10,15H,11-12,19H2,1-4H3,(H,20,21). The lowest BCUT2D eigenvalue weighted by atomic mass is 10.0. The highest BCUT2D eigenvalue weighted by atomic mass is 16.2. The van der Waals surface area contributed by atoms with Crippen LogP contribution in [-0.2, 0) is 11.3 Å². The van der Waals surface area contributed by atoms with Crippen molar-refractivity contribution in [3.05, 3.63) is 35.4 Å². The minimum Gasteiger partial charge on any atom is -0.352 e. The Balaban J connectivity index is 1.91. The first-order valence-electron chi connectivity index (χ1n) is 7.36. The van der Waals surface area contributed by atoms with Crippen LogP contribution in [0.15, 0.2) is 24.3 Å². The fourth-order valence-electron chi connectivity index (χ4n) is 3.00. The molecule has 0 saturated heterocycles. The smallest absolute Gasteiger partial charge is 0.224 e. The van der Waals surface area contributed by atoms with Crippen molar-refractivity contribution >= 4 is 5.91 Å². The van der Waals surface area contributed by atoms with E-state index >= 15 is 0 Å². The maximum absolute atomic E-state index is 12.3. The number of amides is 1. The Bertz CT molecular complexity index is 574. The zero-order valence-corrected chi connectivity index (χ0v) is 13.3. The van der Waals surface area contributed by atoms with Crippen molar-refractivity contribution in [1.82, 2.24) is 5.32 Å². The second-order valence-corrected chi connectivity index (χ2v) is 6.80. The Morgan fingerprint density at radius 1 is 1.19 bits per heavy atom. The molecule has 0 atom stereocenters. The molecule has 2 rings (SSSR count). The molecule has 0 spiro atoms. The second kappa shape index (κ2) is 5.54. The van der Waals surface area contributed by atoms with Gasteiger partial charge >= 0.3 is 0 Å². The molecule has 112 valence electrons. The largest absolute Gasteiger partial charge is 0.352 e. The van der Waals surface area contributed by atoms with Crippen LogP contribution < -0.4 is 11.1 Å². The minimum atomic E-state index is 0.0821. The van der Waals surface area contributed by atoms with Gasteiger partial charge in [0.15, 0.2) is 0 Å². The van der Waals surface area contributed by atoms with Crippen LogP contribution in [-0.4, -0.2) is 12.5 Å². The van der Waals surface area contributed by atoms with Gasteiger partial charge in [0, 0.05) is 18.0 Å². The summed E-state index contributed by atoms with van der Waals surface area (Å²) in [6.45, 7) is 9.55. The summed E-state index contributed by atoms with van der Waals surface area (Å²) >= 11 is 0. The average molecular weight is 284 g/mol. The predicted molar refractivity (Wildman–Crippen MR) is 85.3 cm³/mol. The summed E-state index contributed by atoms with van der Waals surface area (Å²) in [5.74, 6) is 6.05. The van der Waals surface area contributed by atoms with Crippen LogP contribution in [0.4, 0.5) is 0 Å². The van der Waals surface area contributed by atoms with Gasteiger partial charge in [-0.15, -0.1) is 0 Å². The van der Waals surface area contributed by atoms with Gasteiger partial charge in [-0.2, -0.15) is 0 Å². The molecular formula is C18H24N2O. The highest BCUT2D eigenvalue weighted by Gasteiger charge is 2.68. The second-order valence-electron chi connectivity index (χ2n) is 6.80. The summed E-state index contributed by atoms with van der Waals surface area (Å²) in [6, 6.07) is 7.89. The lowest BCUT2D eigenvalue weighted by Crippen LogP contribution is -2.26. The van der Waals surface area contributed by atoms with Crippen molar-refractivity contribution in [3.8, 4) is 11.8 Å². The fraction of sp³-hybridized carbons (Fsp3) is 0.500. The summed E-state index contributed by atoms with van der Waals surface area (Å²) in [5.41, 5.74) is 7.53. The first kappa shape index (κ1) is 15.6. The van der Waals surface area contributed by atoms with E-state index < -0.39 is 0 Å². The Hall–Kier alpha value is -1.79. The molecule has 0 aromatic heterocycles. The molecule has 1 aliphatic rings. The first-order chi connectivity index (χ1) is 9.80. The third kappa shape index (κ3) is 2.96. The highest BCUT2D eigenvalue weighted by Crippen LogP contribution is 2.68. The quantitative estimate of drug-likeness (QED) is 0.837. The van der Waals surface area contributed by atoms with E-state index in [0.717, 1.165) is 11.1 Å². The van der Waals surface area contributed by atoms with E-state index in [2.05, 4.69) is 44.9 Å². The third-order valence-electron chi connectivity index (χ3n) is 5.04. The SMILES string of the molecule is CC1(C)C(C(=O)NCc2ccc(C#CCN)cc2)C1(C)C. The molecule has 3 heteroatoms. The summed E-state index contributed by atoms with van der Waals surface area (Å²) in [5, 5.41) is 3.04. The normalized spacial score (nSPS) is 18.5. The highest BCUT2D eigenvalue weighted by molar-refractivity contribution is 5.84. The predicted octanol–water partition coefficient (Wildman–Crippen LogP) is 2.30. The molecule has 1 fully saturated rings. The Kier molecular flexibility index (Phi) is 4.11. The van der Waals surface area contributed by atoms with Crippen molar-refractivity contribution in [3.63, 3.8) is 0 Å². The van der Waals surface area contributed by atoms with Crippen LogP contribution in [0.5, 0.6) is 0 Å². The monoisotopic (exact) mass is 284 g/mol. The fourth-order valence-corrected chi connectivity index (χ4v) is 3.00. The molecule has 0 heterocycles. The van der Waals surface area contributed by atoms with Crippen molar-refractivity contribution in [2.24, 2.45) is 22.5 Å². The van der Waals surface area contributed by atoms with Gasteiger partial charge in [-0.3, -0.25) is 4.79 Å². The molecule has 1 saturated carbocycles. The van der Waals surface area contributed by atoms with E-state index in [1.54, 1.807) is 0 Å². The Morgan fingerprint density at radius 3 is 2.24 bits per heavy atom. The maximum Gasteiger partial charge on any atom is 0.224 e. The van der Waals surface area contributed by atoms with Gasteiger partial charge < -0.3 is 11.1 Å². The molecular weight excluding hydrogens is 260 g/mol. The van der Waals surface area contributed by atoms with E-state index in [-0.39, 0.29) is 22.7 Å². The molecule has 3 N–H and O–H groups in total. The van der Waals surface area contributed by atoms with Crippen LogP contribution in [0.2, 0.25) is 0 Å². The van der Waals surface area contributed by atoms with Crippen LogP contribution in [0, 0.1) is 28.6 Å². The third-order valence-corrected chi connectivity index (χ3v) is 5.04. The summed E-state index contributed by atoms with van der Waals surface area (Å²) in [4.78, 5) is 12.3. The summed E-state index contributed by atoms with van der Waals surface area (Å²) in [6.07, 6.45) is 0. The molecule has 1 aromatic rings. The van der Waals surface area contributed by atoms with E-state index in [1.165, 1.54) is 0 Å². The van der Waals surface area contributed by atoms with Gasteiger partial charge in [0.1, 0.15) is 0 Å². The van der Waals surface area contributed by atoms with Gasteiger partial charge in [0.25, 0.3) is 0 Å². The Labute approximate surface area is 127 Å². The number of hydrogen-bond donors (Lipinski definition) is 2. The van der Waals surface area contributed by atoms with E-state index in [9.17, 15) is 4.79 Å². The topological polar surface area (TPSA) is 55.1 Å². The number of hydrogen-bond acceptors (Lipinski definition) is 2. The van der Waals surface area contributed by atoms with Crippen LogP contribution >= 0.6 is 0 Å². The number of rotatable bonds is 3. The Morgan fingerprint density at radius 2 is 1.76 bits per heavy atom. The molecule has 0 radical (unpaired) electrons. The average Bonchev–Trinajstić information content (AvgIpc) is 2.85. The molecule has 3 nitrogen and oxygen atoms in total. The zero-order valence-electron chi connectivity index (χ0n) is 13.3.